The van der Waals surface area contributed by atoms with Crippen LogP contribution in [0.4, 0.5) is 0 Å². The number of carbonyl (C=O) groups excluding carboxylic acids is 1. The Morgan fingerprint density at radius 1 is 1.14 bits per heavy atom. The van der Waals surface area contributed by atoms with Crippen molar-refractivity contribution in [3.63, 3.8) is 0 Å². The second kappa shape index (κ2) is 9.78. The second-order valence-corrected chi connectivity index (χ2v) is 7.66. The number of nitrogens with one attached hydrogen (secondary N) is 1. The maximum absolute atomic E-state index is 12.4. The van der Waals surface area contributed by atoms with E-state index in [1.54, 1.807) is 42.1 Å². The summed E-state index contributed by atoms with van der Waals surface area (Å²) in [7, 11) is 0. The van der Waals surface area contributed by atoms with Gasteiger partial charge in [-0.15, -0.1) is 16.8 Å². The normalized spacial score (nSPS) is 10.6. The number of halogens is 2. The fraction of sp³-hybridized carbons (Fsp3) is 0.150. The first-order valence-corrected chi connectivity index (χ1v) is 10.3. The molecular formula is C20H18Cl2N4OS. The number of aromatic nitrogens is 3. The molecule has 28 heavy (non-hydrogen) atoms. The first-order chi connectivity index (χ1) is 13.6. The third-order valence-electron chi connectivity index (χ3n) is 3.91. The van der Waals surface area contributed by atoms with Gasteiger partial charge in [0.05, 0.1) is 17.1 Å². The van der Waals surface area contributed by atoms with Crippen LogP contribution in [0.15, 0.2) is 66.3 Å². The van der Waals surface area contributed by atoms with Crippen LogP contribution < -0.4 is 5.32 Å². The number of thioether (sulfide) groups is 1. The molecule has 3 aromatic rings. The molecule has 0 aliphatic carbocycles. The topological polar surface area (TPSA) is 59.8 Å². The van der Waals surface area contributed by atoms with E-state index in [1.165, 1.54) is 0 Å². The molecule has 0 saturated heterocycles. The van der Waals surface area contributed by atoms with E-state index in [0.717, 1.165) is 16.5 Å². The number of hydrogen-bond acceptors (Lipinski definition) is 4. The summed E-state index contributed by atoms with van der Waals surface area (Å²) in [6.45, 7) is 4.59. The fourth-order valence-corrected chi connectivity index (χ4v) is 3.77. The van der Waals surface area contributed by atoms with Crippen LogP contribution >= 0.6 is 35.0 Å². The fourth-order valence-electron chi connectivity index (χ4n) is 2.50. The smallest absolute Gasteiger partial charge is 0.253 e. The van der Waals surface area contributed by atoms with E-state index in [2.05, 4.69) is 22.1 Å². The lowest BCUT2D eigenvalue weighted by atomic mass is 10.2. The first-order valence-electron chi connectivity index (χ1n) is 8.51. The molecule has 0 bridgehead atoms. The number of allylic oxidation sites excluding steroid dienone is 1. The number of rotatable bonds is 8. The van der Waals surface area contributed by atoms with Crippen molar-refractivity contribution in [3.05, 3.63) is 88.2 Å². The predicted octanol–water partition coefficient (Wildman–Crippen LogP) is 4.99. The molecule has 3 rings (SSSR count). The van der Waals surface area contributed by atoms with Crippen LogP contribution in [0.1, 0.15) is 21.7 Å². The summed E-state index contributed by atoms with van der Waals surface area (Å²) in [5.74, 6) is 1.13. The molecular weight excluding hydrogens is 415 g/mol. The molecule has 0 atom stereocenters. The highest BCUT2D eigenvalue weighted by Gasteiger charge is 2.14. The van der Waals surface area contributed by atoms with Crippen LogP contribution in [0, 0.1) is 0 Å². The van der Waals surface area contributed by atoms with Crippen LogP contribution in [0.3, 0.4) is 0 Å². The zero-order valence-corrected chi connectivity index (χ0v) is 17.3. The van der Waals surface area contributed by atoms with Crippen molar-refractivity contribution < 1.29 is 4.79 Å². The minimum absolute atomic E-state index is 0.242. The number of carbonyl (C=O) groups is 1. The highest BCUT2D eigenvalue weighted by molar-refractivity contribution is 7.98. The van der Waals surface area contributed by atoms with Crippen molar-refractivity contribution in [2.75, 3.05) is 0 Å². The largest absolute Gasteiger partial charge is 0.345 e. The van der Waals surface area contributed by atoms with Crippen molar-refractivity contribution in [1.82, 2.24) is 20.1 Å². The molecule has 1 aromatic heterocycles. The van der Waals surface area contributed by atoms with Gasteiger partial charge in [0, 0.05) is 17.3 Å². The van der Waals surface area contributed by atoms with E-state index in [0.29, 0.717) is 28.0 Å². The van der Waals surface area contributed by atoms with Gasteiger partial charge in [0.15, 0.2) is 11.0 Å². The van der Waals surface area contributed by atoms with E-state index < -0.39 is 0 Å². The lowest BCUT2D eigenvalue weighted by Crippen LogP contribution is -2.25. The SMILES string of the molecule is C=CCn1c(CNC(=O)c2ccccc2Cl)nnc1SCc1ccc(Cl)cc1. The molecule has 0 spiro atoms. The van der Waals surface area contributed by atoms with Crippen molar-refractivity contribution in [1.29, 1.82) is 0 Å². The van der Waals surface area contributed by atoms with Crippen molar-refractivity contribution >= 4 is 40.9 Å². The molecule has 8 heteroatoms. The summed E-state index contributed by atoms with van der Waals surface area (Å²) in [5.41, 5.74) is 1.56. The average Bonchev–Trinajstić information content (AvgIpc) is 3.08. The lowest BCUT2D eigenvalue weighted by molar-refractivity contribution is 0.0949. The Morgan fingerprint density at radius 2 is 1.89 bits per heavy atom. The van der Waals surface area contributed by atoms with Gasteiger partial charge in [-0.3, -0.25) is 4.79 Å². The Labute approximate surface area is 177 Å². The highest BCUT2D eigenvalue weighted by atomic mass is 35.5. The van der Waals surface area contributed by atoms with Gasteiger partial charge < -0.3 is 9.88 Å². The van der Waals surface area contributed by atoms with Gasteiger partial charge in [-0.05, 0) is 29.8 Å². The average molecular weight is 433 g/mol. The van der Waals surface area contributed by atoms with E-state index in [-0.39, 0.29) is 12.5 Å². The first kappa shape index (κ1) is 20.5. The standard InChI is InChI=1S/C20H18Cl2N4OS/c1-2-11-26-18(12-23-19(27)16-5-3-4-6-17(16)22)24-25-20(26)28-13-14-7-9-15(21)10-8-14/h2-10H,1,11-13H2,(H,23,27). The van der Waals surface area contributed by atoms with Crippen LogP contribution in [0.2, 0.25) is 10.0 Å². The minimum atomic E-state index is -0.255. The Bertz CT molecular complexity index is 973. The lowest BCUT2D eigenvalue weighted by Gasteiger charge is -2.09. The Balaban J connectivity index is 1.68. The number of amides is 1. The summed E-state index contributed by atoms with van der Waals surface area (Å²) in [5, 5.41) is 13.2. The van der Waals surface area contributed by atoms with Crippen LogP contribution in [-0.4, -0.2) is 20.7 Å². The molecule has 0 aliphatic heterocycles. The van der Waals surface area contributed by atoms with E-state index >= 15 is 0 Å². The predicted molar refractivity (Wildman–Crippen MR) is 114 cm³/mol. The zero-order chi connectivity index (χ0) is 19.9. The molecule has 1 amide bonds. The van der Waals surface area contributed by atoms with E-state index in [4.69, 9.17) is 23.2 Å². The quantitative estimate of drug-likeness (QED) is 0.402. The molecule has 0 aliphatic rings. The highest BCUT2D eigenvalue weighted by Crippen LogP contribution is 2.23. The van der Waals surface area contributed by atoms with Crippen molar-refractivity contribution in [3.8, 4) is 0 Å². The number of hydrogen-bond donors (Lipinski definition) is 1. The summed E-state index contributed by atoms with van der Waals surface area (Å²) in [6, 6.07) is 14.6. The van der Waals surface area contributed by atoms with Crippen LogP contribution in [0.5, 0.6) is 0 Å². The zero-order valence-electron chi connectivity index (χ0n) is 14.9. The Kier molecular flexibility index (Phi) is 7.14. The van der Waals surface area contributed by atoms with Gasteiger partial charge in [0.25, 0.3) is 5.91 Å². The summed E-state index contributed by atoms with van der Waals surface area (Å²) in [6.07, 6.45) is 1.77. The minimum Gasteiger partial charge on any atom is -0.345 e. The van der Waals surface area contributed by atoms with Crippen molar-refractivity contribution in [2.45, 2.75) is 24.0 Å². The molecule has 1 N–H and O–H groups in total. The van der Waals surface area contributed by atoms with Gasteiger partial charge in [-0.1, -0.05) is 65.3 Å². The van der Waals surface area contributed by atoms with E-state index in [9.17, 15) is 4.79 Å². The Morgan fingerprint density at radius 3 is 2.61 bits per heavy atom. The number of nitrogens with zero attached hydrogens (tertiary/aromatic N) is 3. The molecule has 0 saturated carbocycles. The molecule has 1 heterocycles. The molecule has 5 nitrogen and oxygen atoms in total. The molecule has 0 fully saturated rings. The summed E-state index contributed by atoms with van der Waals surface area (Å²) in [4.78, 5) is 12.4. The van der Waals surface area contributed by atoms with Crippen molar-refractivity contribution in [2.24, 2.45) is 0 Å². The van der Waals surface area contributed by atoms with E-state index in [1.807, 2.05) is 28.8 Å². The van der Waals surface area contributed by atoms with Gasteiger partial charge in [0.1, 0.15) is 0 Å². The number of benzene rings is 2. The molecule has 0 unspecified atom stereocenters. The maximum Gasteiger partial charge on any atom is 0.253 e. The van der Waals surface area contributed by atoms with Crippen LogP contribution in [0.25, 0.3) is 0 Å². The van der Waals surface area contributed by atoms with Crippen LogP contribution in [-0.2, 0) is 18.8 Å². The molecule has 144 valence electrons. The molecule has 0 radical (unpaired) electrons. The third-order valence-corrected chi connectivity index (χ3v) is 5.53. The second-order valence-electron chi connectivity index (χ2n) is 5.88. The van der Waals surface area contributed by atoms with Gasteiger partial charge in [-0.2, -0.15) is 0 Å². The molecule has 2 aromatic carbocycles. The van der Waals surface area contributed by atoms with Gasteiger partial charge in [0.2, 0.25) is 0 Å². The Hall–Kier alpha value is -2.28. The monoisotopic (exact) mass is 432 g/mol. The van der Waals surface area contributed by atoms with Gasteiger partial charge in [-0.25, -0.2) is 0 Å². The summed E-state index contributed by atoms with van der Waals surface area (Å²) < 4.78 is 1.93. The summed E-state index contributed by atoms with van der Waals surface area (Å²) >= 11 is 13.6. The maximum atomic E-state index is 12.4. The third kappa shape index (κ3) is 5.16. The van der Waals surface area contributed by atoms with Gasteiger partial charge >= 0.3 is 0 Å².